The van der Waals surface area contributed by atoms with Crippen LogP contribution in [0.2, 0.25) is 0 Å². The zero-order valence-electron chi connectivity index (χ0n) is 12.2. The van der Waals surface area contributed by atoms with Crippen LogP contribution < -0.4 is 4.90 Å². The Morgan fingerprint density at radius 1 is 1.00 bits per heavy atom. The lowest BCUT2D eigenvalue weighted by Gasteiger charge is -2.20. The number of Topliss-reactive ketones (excluding diaryl/α,β-unsaturated/α-hetero) is 1. The predicted octanol–water partition coefficient (Wildman–Crippen LogP) is 3.10. The Balaban J connectivity index is 2.07. The van der Waals surface area contributed by atoms with E-state index in [9.17, 15) is 9.59 Å². The molecule has 0 aromatic heterocycles. The molecule has 22 heavy (non-hydrogen) atoms. The second-order valence-electron chi connectivity index (χ2n) is 5.05. The standard InChI is InChI=1S/C18H15NO2S/c1-13(20)12-16-19(15-10-6-3-7-11-15)18(21)17(22-16)14-8-4-2-5-9-14/h2-11H,12H2,1H3. The number of carbonyl (C=O) groups is 2. The van der Waals surface area contributed by atoms with Crippen LogP contribution >= 0.6 is 10.9 Å². The Bertz CT molecular complexity index is 790. The minimum atomic E-state index is -0.0707. The largest absolute Gasteiger partial charge is 0.300 e. The van der Waals surface area contributed by atoms with Crippen LogP contribution in [0.4, 0.5) is 5.69 Å². The first-order valence-electron chi connectivity index (χ1n) is 7.02. The summed E-state index contributed by atoms with van der Waals surface area (Å²) in [6.07, 6.45) is 0.266. The maximum Gasteiger partial charge on any atom is 0.273 e. The summed E-state index contributed by atoms with van der Waals surface area (Å²) in [5, 5.41) is 0. The molecule has 2 aromatic carbocycles. The molecule has 0 radical (unpaired) electrons. The molecule has 0 fully saturated rings. The Morgan fingerprint density at radius 3 is 2.18 bits per heavy atom. The van der Waals surface area contributed by atoms with E-state index in [1.54, 1.807) is 11.8 Å². The van der Waals surface area contributed by atoms with E-state index in [-0.39, 0.29) is 18.1 Å². The van der Waals surface area contributed by atoms with Crippen molar-refractivity contribution < 1.29 is 9.59 Å². The Hall–Kier alpha value is -2.46. The lowest BCUT2D eigenvalue weighted by atomic mass is 10.1. The molecular formula is C18H15NO2S. The molecule has 0 bridgehead atoms. The number of para-hydroxylation sites is 1. The summed E-state index contributed by atoms with van der Waals surface area (Å²) in [5.41, 5.74) is 1.68. The number of anilines is 1. The zero-order valence-corrected chi connectivity index (χ0v) is 13.0. The average Bonchev–Trinajstić information content (AvgIpc) is 2.85. The van der Waals surface area contributed by atoms with Gasteiger partial charge in [-0.25, -0.2) is 0 Å². The average molecular weight is 309 g/mol. The summed E-state index contributed by atoms with van der Waals surface area (Å²) >= 11 is 0. The molecule has 2 aromatic rings. The number of hydrogen-bond donors (Lipinski definition) is 0. The van der Waals surface area contributed by atoms with Gasteiger partial charge in [-0.1, -0.05) is 48.5 Å². The molecule has 0 saturated heterocycles. The third kappa shape index (κ3) is 2.78. The molecule has 1 aliphatic rings. The SMILES string of the molecule is CC(=O)CC1=S=C(c2ccccc2)C(=O)N1c1ccccc1. The van der Waals surface area contributed by atoms with E-state index >= 15 is 0 Å². The summed E-state index contributed by atoms with van der Waals surface area (Å²) in [4.78, 5) is 27.5. The summed E-state index contributed by atoms with van der Waals surface area (Å²) in [6.45, 7) is 1.54. The second kappa shape index (κ2) is 6.12. The van der Waals surface area contributed by atoms with Gasteiger partial charge in [-0.05, 0) is 24.6 Å². The molecule has 0 N–H and O–H groups in total. The van der Waals surface area contributed by atoms with Crippen molar-refractivity contribution in [1.82, 2.24) is 0 Å². The van der Waals surface area contributed by atoms with Crippen molar-refractivity contribution in [2.45, 2.75) is 13.3 Å². The van der Waals surface area contributed by atoms with Crippen molar-refractivity contribution in [2.75, 3.05) is 4.90 Å². The van der Waals surface area contributed by atoms with E-state index in [0.717, 1.165) is 16.2 Å². The summed E-state index contributed by atoms with van der Waals surface area (Å²) in [5.74, 6) is -0.0239. The highest BCUT2D eigenvalue weighted by Gasteiger charge is 2.30. The first kappa shape index (κ1) is 14.5. The third-order valence-corrected chi connectivity index (χ3v) is 4.49. The van der Waals surface area contributed by atoms with Gasteiger partial charge in [0.2, 0.25) is 0 Å². The van der Waals surface area contributed by atoms with E-state index in [1.165, 1.54) is 10.9 Å². The fourth-order valence-electron chi connectivity index (χ4n) is 2.36. The van der Waals surface area contributed by atoms with Crippen LogP contribution in [0.5, 0.6) is 0 Å². The number of benzene rings is 2. The van der Waals surface area contributed by atoms with E-state index in [0.29, 0.717) is 4.86 Å². The highest BCUT2D eigenvalue weighted by molar-refractivity contribution is 8.01. The van der Waals surface area contributed by atoms with Crippen molar-refractivity contribution >= 4 is 38.2 Å². The normalized spacial score (nSPS) is 14.2. The molecule has 0 aliphatic carbocycles. The van der Waals surface area contributed by atoms with E-state index in [2.05, 4.69) is 0 Å². The number of ketones is 1. The van der Waals surface area contributed by atoms with Gasteiger partial charge in [-0.2, -0.15) is 0 Å². The molecule has 3 rings (SSSR count). The number of carbonyl (C=O) groups excluding carboxylic acids is 2. The number of hydrogen-bond acceptors (Lipinski definition) is 2. The predicted molar refractivity (Wildman–Crippen MR) is 92.4 cm³/mol. The van der Waals surface area contributed by atoms with Crippen molar-refractivity contribution in [3.8, 4) is 0 Å². The molecule has 1 heterocycles. The number of rotatable bonds is 4. The van der Waals surface area contributed by atoms with Crippen molar-refractivity contribution in [3.63, 3.8) is 0 Å². The summed E-state index contributed by atoms with van der Waals surface area (Å²) < 4.78 is 0. The van der Waals surface area contributed by atoms with Gasteiger partial charge < -0.3 is 0 Å². The quantitative estimate of drug-likeness (QED) is 0.814. The van der Waals surface area contributed by atoms with E-state index in [1.807, 2.05) is 60.7 Å². The molecule has 0 spiro atoms. The lowest BCUT2D eigenvalue weighted by molar-refractivity contribution is -0.115. The van der Waals surface area contributed by atoms with Gasteiger partial charge in [0.25, 0.3) is 5.91 Å². The Morgan fingerprint density at radius 2 is 1.59 bits per heavy atom. The van der Waals surface area contributed by atoms with Crippen molar-refractivity contribution in [3.05, 3.63) is 66.2 Å². The van der Waals surface area contributed by atoms with Crippen LogP contribution in [-0.4, -0.2) is 21.5 Å². The molecule has 0 saturated carbocycles. The van der Waals surface area contributed by atoms with Crippen molar-refractivity contribution in [2.24, 2.45) is 0 Å². The third-order valence-electron chi connectivity index (χ3n) is 3.32. The fraction of sp³-hybridized carbons (Fsp3) is 0.111. The molecule has 4 heteroatoms. The van der Waals surface area contributed by atoms with Gasteiger partial charge >= 0.3 is 0 Å². The minimum Gasteiger partial charge on any atom is -0.300 e. The fourth-order valence-corrected chi connectivity index (χ4v) is 3.58. The zero-order chi connectivity index (χ0) is 15.5. The Kier molecular flexibility index (Phi) is 4.02. The van der Waals surface area contributed by atoms with Crippen LogP contribution in [-0.2, 0) is 9.59 Å². The van der Waals surface area contributed by atoms with E-state index < -0.39 is 0 Å². The molecular weight excluding hydrogens is 294 g/mol. The van der Waals surface area contributed by atoms with E-state index in [4.69, 9.17) is 0 Å². The number of amides is 1. The highest BCUT2D eigenvalue weighted by Crippen LogP contribution is 2.23. The van der Waals surface area contributed by atoms with Gasteiger partial charge in [0.1, 0.15) is 10.6 Å². The molecule has 0 unspecified atom stereocenters. The molecule has 0 atom stereocenters. The first-order chi connectivity index (χ1) is 10.7. The maximum atomic E-state index is 12.8. The first-order valence-corrected chi connectivity index (χ1v) is 7.83. The summed E-state index contributed by atoms with van der Waals surface area (Å²) in [6, 6.07) is 19.0. The van der Waals surface area contributed by atoms with Crippen LogP contribution in [0, 0.1) is 0 Å². The highest BCUT2D eigenvalue weighted by atomic mass is 32.1. The smallest absolute Gasteiger partial charge is 0.273 e. The summed E-state index contributed by atoms with van der Waals surface area (Å²) in [7, 11) is 1.39. The molecule has 1 aliphatic heterocycles. The molecule has 3 nitrogen and oxygen atoms in total. The van der Waals surface area contributed by atoms with Crippen LogP contribution in [0.15, 0.2) is 60.7 Å². The minimum absolute atomic E-state index is 0.0468. The molecule has 110 valence electrons. The topological polar surface area (TPSA) is 37.4 Å². The monoisotopic (exact) mass is 309 g/mol. The van der Waals surface area contributed by atoms with Gasteiger partial charge in [-0.3, -0.25) is 14.5 Å². The molecule has 1 amide bonds. The van der Waals surface area contributed by atoms with Crippen molar-refractivity contribution in [1.29, 1.82) is 0 Å². The number of nitrogens with zero attached hydrogens (tertiary/aromatic N) is 1. The lowest BCUT2D eigenvalue weighted by Crippen LogP contribution is -2.37. The Labute approximate surface area is 132 Å². The van der Waals surface area contributed by atoms with Gasteiger partial charge in [-0.15, -0.1) is 10.9 Å². The second-order valence-corrected chi connectivity index (χ2v) is 6.13. The van der Waals surface area contributed by atoms with Gasteiger partial charge in [0, 0.05) is 5.69 Å². The van der Waals surface area contributed by atoms with Gasteiger partial charge in [0.15, 0.2) is 0 Å². The van der Waals surface area contributed by atoms with Crippen LogP contribution in [0.25, 0.3) is 0 Å². The van der Waals surface area contributed by atoms with Crippen LogP contribution in [0.3, 0.4) is 0 Å². The van der Waals surface area contributed by atoms with Crippen LogP contribution in [0.1, 0.15) is 18.9 Å². The maximum absolute atomic E-state index is 12.8. The van der Waals surface area contributed by atoms with Gasteiger partial charge in [0.05, 0.1) is 11.4 Å².